The fraction of sp³-hybridized carbons (Fsp3) is 0. The van der Waals surface area contributed by atoms with Gasteiger partial charge in [0.1, 0.15) is 12.0 Å². The summed E-state index contributed by atoms with van der Waals surface area (Å²) in [5, 5.41) is 5.88. The Labute approximate surface area is 294 Å². The SMILES string of the molecule is c1ccc(-c2nc(-c3ccc(-c4ccc(-n5c6ccccc6c6ccccc65)c5ccccc45)cc3)cc(-c3ncnc4ccccc34)n2)cc1. The zero-order valence-corrected chi connectivity index (χ0v) is 27.5. The molecule has 0 amide bonds. The molecule has 238 valence electrons. The first kappa shape index (κ1) is 29.0. The minimum absolute atomic E-state index is 0.654. The zero-order chi connectivity index (χ0) is 33.7. The lowest BCUT2D eigenvalue weighted by Gasteiger charge is -2.15. The van der Waals surface area contributed by atoms with Crippen molar-refractivity contribution < 1.29 is 0 Å². The summed E-state index contributed by atoms with van der Waals surface area (Å²) >= 11 is 0. The zero-order valence-electron chi connectivity index (χ0n) is 27.5. The van der Waals surface area contributed by atoms with E-state index in [4.69, 9.17) is 9.97 Å². The van der Waals surface area contributed by atoms with Crippen LogP contribution in [0.15, 0.2) is 176 Å². The molecule has 0 spiro atoms. The van der Waals surface area contributed by atoms with Gasteiger partial charge in [-0.1, -0.05) is 140 Å². The lowest BCUT2D eigenvalue weighted by molar-refractivity contribution is 1.15. The summed E-state index contributed by atoms with van der Waals surface area (Å²) < 4.78 is 2.40. The molecule has 51 heavy (non-hydrogen) atoms. The van der Waals surface area contributed by atoms with Crippen molar-refractivity contribution in [2.45, 2.75) is 0 Å². The molecular formula is C46H29N5. The number of rotatable bonds is 5. The highest BCUT2D eigenvalue weighted by atomic mass is 15.0. The topological polar surface area (TPSA) is 56.5 Å². The Bertz CT molecular complexity index is 2850. The number of hydrogen-bond donors (Lipinski definition) is 0. The first-order chi connectivity index (χ1) is 25.3. The average molecular weight is 652 g/mol. The minimum atomic E-state index is 0.654. The summed E-state index contributed by atoms with van der Waals surface area (Å²) in [5.74, 6) is 0.654. The van der Waals surface area contributed by atoms with Crippen LogP contribution in [-0.2, 0) is 0 Å². The second-order valence-electron chi connectivity index (χ2n) is 12.7. The standard InChI is InChI=1S/C46H29N5/c1-2-12-32(13-3-1)46-49-40(28-41(50-46)45-38-18-6-9-19-39(38)47-29-48-45)31-24-22-30(23-25-31)33-26-27-44(35-15-5-4-14-34(33)35)51-42-20-10-7-16-36(42)37-17-8-11-21-43(37)51/h1-29H. The van der Waals surface area contributed by atoms with Crippen molar-refractivity contribution in [1.29, 1.82) is 0 Å². The Balaban J connectivity index is 1.10. The largest absolute Gasteiger partial charge is 0.309 e. The van der Waals surface area contributed by atoms with Crippen molar-refractivity contribution in [1.82, 2.24) is 24.5 Å². The summed E-state index contributed by atoms with van der Waals surface area (Å²) in [5.41, 5.74) is 11.1. The summed E-state index contributed by atoms with van der Waals surface area (Å²) in [7, 11) is 0. The van der Waals surface area contributed by atoms with Gasteiger partial charge in [0.2, 0.25) is 0 Å². The van der Waals surface area contributed by atoms with E-state index in [2.05, 4.69) is 124 Å². The van der Waals surface area contributed by atoms with E-state index in [1.807, 2.05) is 60.7 Å². The van der Waals surface area contributed by atoms with Crippen molar-refractivity contribution >= 4 is 43.5 Å². The van der Waals surface area contributed by atoms with Crippen molar-refractivity contribution in [2.75, 3.05) is 0 Å². The highest BCUT2D eigenvalue weighted by Gasteiger charge is 2.17. The smallest absolute Gasteiger partial charge is 0.160 e. The van der Waals surface area contributed by atoms with E-state index in [1.165, 1.54) is 43.8 Å². The first-order valence-electron chi connectivity index (χ1n) is 17.1. The highest BCUT2D eigenvalue weighted by molar-refractivity contribution is 6.11. The van der Waals surface area contributed by atoms with Crippen LogP contribution in [-0.4, -0.2) is 24.5 Å². The Morgan fingerprint density at radius 2 is 0.980 bits per heavy atom. The third-order valence-electron chi connectivity index (χ3n) is 9.76. The molecule has 3 heterocycles. The molecule has 0 aliphatic carbocycles. The molecule has 5 heteroatoms. The van der Waals surface area contributed by atoms with Gasteiger partial charge in [-0.3, -0.25) is 0 Å². The predicted octanol–water partition coefficient (Wildman–Crippen LogP) is 11.3. The van der Waals surface area contributed by atoms with E-state index in [1.54, 1.807) is 6.33 Å². The van der Waals surface area contributed by atoms with Crippen LogP contribution in [0.4, 0.5) is 0 Å². The normalized spacial score (nSPS) is 11.5. The van der Waals surface area contributed by atoms with Gasteiger partial charge in [0.15, 0.2) is 5.82 Å². The Morgan fingerprint density at radius 3 is 1.73 bits per heavy atom. The maximum absolute atomic E-state index is 5.06. The Hall–Kier alpha value is -6.98. The molecule has 5 nitrogen and oxygen atoms in total. The molecule has 10 aromatic rings. The number of nitrogens with zero attached hydrogens (tertiary/aromatic N) is 5. The number of benzene rings is 7. The molecule has 0 aliphatic heterocycles. The molecule has 10 rings (SSSR count). The molecule has 0 saturated carbocycles. The molecule has 3 aromatic heterocycles. The quantitative estimate of drug-likeness (QED) is 0.186. The maximum atomic E-state index is 5.06. The third kappa shape index (κ3) is 4.86. The predicted molar refractivity (Wildman–Crippen MR) is 209 cm³/mol. The van der Waals surface area contributed by atoms with Crippen LogP contribution in [0.25, 0.3) is 94.3 Å². The second-order valence-corrected chi connectivity index (χ2v) is 12.7. The molecule has 0 saturated heterocycles. The van der Waals surface area contributed by atoms with E-state index >= 15 is 0 Å². The van der Waals surface area contributed by atoms with Crippen molar-refractivity contribution in [3.05, 3.63) is 176 Å². The molecule has 0 atom stereocenters. The van der Waals surface area contributed by atoms with Crippen molar-refractivity contribution in [3.8, 4) is 50.8 Å². The van der Waals surface area contributed by atoms with Crippen molar-refractivity contribution in [3.63, 3.8) is 0 Å². The molecule has 0 unspecified atom stereocenters. The van der Waals surface area contributed by atoms with Crippen molar-refractivity contribution in [2.24, 2.45) is 0 Å². The average Bonchev–Trinajstić information content (AvgIpc) is 3.54. The molecule has 0 bridgehead atoms. The number of fused-ring (bicyclic) bond motifs is 5. The van der Waals surface area contributed by atoms with Crippen LogP contribution < -0.4 is 0 Å². The van der Waals surface area contributed by atoms with E-state index in [-0.39, 0.29) is 0 Å². The molecule has 0 N–H and O–H groups in total. The van der Waals surface area contributed by atoms with Crippen LogP contribution >= 0.6 is 0 Å². The Kier molecular flexibility index (Phi) is 6.74. The monoisotopic (exact) mass is 651 g/mol. The van der Waals surface area contributed by atoms with Gasteiger partial charge in [-0.05, 0) is 46.8 Å². The van der Waals surface area contributed by atoms with E-state index in [0.29, 0.717) is 5.82 Å². The molecule has 7 aromatic carbocycles. The molecule has 0 fully saturated rings. The summed E-state index contributed by atoms with van der Waals surface area (Å²) in [6.07, 6.45) is 1.60. The lowest BCUT2D eigenvalue weighted by Crippen LogP contribution is -1.98. The molecular weight excluding hydrogens is 623 g/mol. The van der Waals surface area contributed by atoms with Gasteiger partial charge in [0.25, 0.3) is 0 Å². The van der Waals surface area contributed by atoms with Gasteiger partial charge in [-0.2, -0.15) is 0 Å². The van der Waals surface area contributed by atoms with Crippen LogP contribution in [0.5, 0.6) is 0 Å². The fourth-order valence-corrected chi connectivity index (χ4v) is 7.37. The number of aromatic nitrogens is 5. The first-order valence-corrected chi connectivity index (χ1v) is 17.1. The molecule has 0 aliphatic rings. The third-order valence-corrected chi connectivity index (χ3v) is 9.76. The van der Waals surface area contributed by atoms with E-state index < -0.39 is 0 Å². The van der Waals surface area contributed by atoms with Gasteiger partial charge in [0.05, 0.1) is 33.6 Å². The van der Waals surface area contributed by atoms with Crippen LogP contribution in [0.1, 0.15) is 0 Å². The van der Waals surface area contributed by atoms with Gasteiger partial charge in [-0.25, -0.2) is 19.9 Å². The second kappa shape index (κ2) is 11.9. The lowest BCUT2D eigenvalue weighted by atomic mass is 9.95. The summed E-state index contributed by atoms with van der Waals surface area (Å²) in [6.45, 7) is 0. The summed E-state index contributed by atoms with van der Waals surface area (Å²) in [4.78, 5) is 19.2. The minimum Gasteiger partial charge on any atom is -0.309 e. The van der Waals surface area contributed by atoms with Crippen LogP contribution in [0, 0.1) is 0 Å². The fourth-order valence-electron chi connectivity index (χ4n) is 7.37. The van der Waals surface area contributed by atoms with Crippen LogP contribution in [0.2, 0.25) is 0 Å². The van der Waals surface area contributed by atoms with Gasteiger partial charge >= 0.3 is 0 Å². The highest BCUT2D eigenvalue weighted by Crippen LogP contribution is 2.38. The van der Waals surface area contributed by atoms with Gasteiger partial charge in [-0.15, -0.1) is 0 Å². The Morgan fingerprint density at radius 1 is 0.392 bits per heavy atom. The van der Waals surface area contributed by atoms with Gasteiger partial charge in [0, 0.05) is 32.7 Å². The number of hydrogen-bond acceptors (Lipinski definition) is 4. The van der Waals surface area contributed by atoms with Crippen LogP contribution in [0.3, 0.4) is 0 Å². The molecule has 0 radical (unpaired) electrons. The van der Waals surface area contributed by atoms with E-state index in [0.717, 1.165) is 44.7 Å². The maximum Gasteiger partial charge on any atom is 0.160 e. The summed E-state index contributed by atoms with van der Waals surface area (Å²) in [6, 6.07) is 59.4. The number of para-hydroxylation sites is 3. The van der Waals surface area contributed by atoms with E-state index in [9.17, 15) is 0 Å². The van der Waals surface area contributed by atoms with Gasteiger partial charge < -0.3 is 4.57 Å².